The van der Waals surface area contributed by atoms with E-state index in [0.29, 0.717) is 5.69 Å². The van der Waals surface area contributed by atoms with Crippen LogP contribution in [-0.2, 0) is 0 Å². The first-order chi connectivity index (χ1) is 9.58. The Kier molecular flexibility index (Phi) is 4.84. The number of hydrogen-bond acceptors (Lipinski definition) is 3. The number of piperidine rings is 1. The van der Waals surface area contributed by atoms with Crippen molar-refractivity contribution in [1.82, 2.24) is 5.43 Å². The minimum Gasteiger partial charge on any atom is -0.375 e. The fourth-order valence-corrected chi connectivity index (χ4v) is 2.25. The van der Waals surface area contributed by atoms with Crippen molar-refractivity contribution in [3.05, 3.63) is 29.3 Å². The minimum atomic E-state index is -0.527. The van der Waals surface area contributed by atoms with Crippen LogP contribution in [0.1, 0.15) is 24.8 Å². The maximum absolute atomic E-state index is 14.1. The first kappa shape index (κ1) is 14.6. The fraction of sp³-hybridized carbons (Fsp3) is 0.385. The van der Waals surface area contributed by atoms with E-state index >= 15 is 0 Å². The molecule has 0 saturated carbocycles. The van der Waals surface area contributed by atoms with Gasteiger partial charge < -0.3 is 10.6 Å². The molecule has 0 bridgehead atoms. The summed E-state index contributed by atoms with van der Waals surface area (Å²) in [5.41, 5.74) is 7.83. The van der Waals surface area contributed by atoms with Gasteiger partial charge in [-0.1, -0.05) is 0 Å². The van der Waals surface area contributed by atoms with Gasteiger partial charge in [-0.25, -0.2) is 8.78 Å². The molecule has 2 rings (SSSR count). The van der Waals surface area contributed by atoms with Crippen LogP contribution >= 0.6 is 12.2 Å². The zero-order valence-corrected chi connectivity index (χ0v) is 11.7. The van der Waals surface area contributed by atoms with Gasteiger partial charge in [0.05, 0.1) is 11.9 Å². The van der Waals surface area contributed by atoms with Crippen LogP contribution in [0.2, 0.25) is 0 Å². The topological polar surface area (TPSA) is 53.6 Å². The molecule has 0 unspecified atom stereocenters. The molecule has 1 saturated heterocycles. The molecule has 1 aromatic rings. The summed E-state index contributed by atoms with van der Waals surface area (Å²) in [4.78, 5) is 1.87. The molecule has 0 amide bonds. The van der Waals surface area contributed by atoms with Gasteiger partial charge in [0.25, 0.3) is 0 Å². The lowest BCUT2D eigenvalue weighted by molar-refractivity contribution is 0.549. The molecule has 0 radical (unpaired) electrons. The molecular weight excluding hydrogens is 282 g/mol. The first-order valence-corrected chi connectivity index (χ1v) is 6.81. The molecule has 0 spiro atoms. The Bertz CT molecular complexity index is 527. The molecule has 0 aromatic heterocycles. The van der Waals surface area contributed by atoms with Gasteiger partial charge in [-0.2, -0.15) is 5.10 Å². The zero-order valence-electron chi connectivity index (χ0n) is 10.9. The molecule has 0 atom stereocenters. The Balaban J connectivity index is 2.19. The monoisotopic (exact) mass is 298 g/mol. The van der Waals surface area contributed by atoms with Crippen LogP contribution in [0.3, 0.4) is 0 Å². The number of thiocarbonyl (C=S) groups is 1. The molecule has 0 aliphatic carbocycles. The second-order valence-electron chi connectivity index (χ2n) is 4.61. The first-order valence-electron chi connectivity index (χ1n) is 6.40. The third-order valence-corrected chi connectivity index (χ3v) is 3.23. The van der Waals surface area contributed by atoms with E-state index in [9.17, 15) is 8.78 Å². The van der Waals surface area contributed by atoms with Crippen molar-refractivity contribution in [3.63, 3.8) is 0 Å². The molecule has 1 aromatic carbocycles. The van der Waals surface area contributed by atoms with Crippen molar-refractivity contribution >= 4 is 29.2 Å². The lowest BCUT2D eigenvalue weighted by Crippen LogP contribution is -2.30. The van der Waals surface area contributed by atoms with Crippen molar-refractivity contribution in [1.29, 1.82) is 0 Å². The Morgan fingerprint density at radius 1 is 1.25 bits per heavy atom. The number of rotatable bonds is 3. The Morgan fingerprint density at radius 3 is 2.60 bits per heavy atom. The predicted molar refractivity (Wildman–Crippen MR) is 79.9 cm³/mol. The molecule has 4 nitrogen and oxygen atoms in total. The number of nitrogens with two attached hydrogens (primary N) is 1. The van der Waals surface area contributed by atoms with Crippen LogP contribution in [0.15, 0.2) is 17.2 Å². The molecule has 108 valence electrons. The van der Waals surface area contributed by atoms with Crippen molar-refractivity contribution < 1.29 is 8.78 Å². The van der Waals surface area contributed by atoms with E-state index in [4.69, 9.17) is 5.73 Å². The number of nitrogens with one attached hydrogen (secondary N) is 1. The molecule has 1 heterocycles. The van der Waals surface area contributed by atoms with Gasteiger partial charge in [-0.05, 0) is 37.5 Å². The molecule has 1 aliphatic heterocycles. The number of nitrogens with zero attached hydrogens (tertiary/aromatic N) is 2. The van der Waals surface area contributed by atoms with E-state index in [2.05, 4.69) is 22.7 Å². The van der Waals surface area contributed by atoms with Gasteiger partial charge in [0.15, 0.2) is 5.11 Å². The Morgan fingerprint density at radius 2 is 1.95 bits per heavy atom. The molecule has 1 fully saturated rings. The summed E-state index contributed by atoms with van der Waals surface area (Å²) in [5.74, 6) is -0.981. The number of benzene rings is 1. The summed E-state index contributed by atoms with van der Waals surface area (Å²) in [7, 11) is 0. The molecule has 3 N–H and O–H groups in total. The SMILES string of the molecule is NC(=S)N/N=C/c1cc(F)c(N2CCCCC2)cc1F. The van der Waals surface area contributed by atoms with Crippen molar-refractivity contribution in [2.24, 2.45) is 10.8 Å². The highest BCUT2D eigenvalue weighted by Crippen LogP contribution is 2.25. The molecule has 7 heteroatoms. The fourth-order valence-electron chi connectivity index (χ4n) is 2.19. The number of anilines is 1. The standard InChI is InChI=1S/C13H16F2N4S/c14-10-7-12(19-4-2-1-3-5-19)11(15)6-9(10)8-17-18-13(16)20/h6-8H,1-5H2,(H3,16,18,20)/b17-8+. The lowest BCUT2D eigenvalue weighted by atomic mass is 10.1. The molecule has 1 aliphatic rings. The Labute approximate surface area is 121 Å². The van der Waals surface area contributed by atoms with Gasteiger partial charge in [0, 0.05) is 24.7 Å². The van der Waals surface area contributed by atoms with Crippen molar-refractivity contribution in [3.8, 4) is 0 Å². The predicted octanol–water partition coefficient (Wildman–Crippen LogP) is 2.12. The van der Waals surface area contributed by atoms with E-state index in [0.717, 1.165) is 44.6 Å². The summed E-state index contributed by atoms with van der Waals surface area (Å²) in [5, 5.41) is 3.59. The summed E-state index contributed by atoms with van der Waals surface area (Å²) in [6.45, 7) is 1.51. The van der Waals surface area contributed by atoms with Crippen LogP contribution in [0.4, 0.5) is 14.5 Å². The van der Waals surface area contributed by atoms with Gasteiger partial charge in [0.2, 0.25) is 0 Å². The molecule has 20 heavy (non-hydrogen) atoms. The summed E-state index contributed by atoms with van der Waals surface area (Å²) >= 11 is 4.55. The number of hydrogen-bond donors (Lipinski definition) is 2. The molecular formula is C13H16F2N4S. The number of hydrazone groups is 1. The van der Waals surface area contributed by atoms with Crippen LogP contribution in [0.5, 0.6) is 0 Å². The summed E-state index contributed by atoms with van der Waals surface area (Å²) < 4.78 is 28.0. The van der Waals surface area contributed by atoms with Gasteiger partial charge >= 0.3 is 0 Å². The van der Waals surface area contributed by atoms with Crippen LogP contribution in [0.25, 0.3) is 0 Å². The van der Waals surface area contributed by atoms with E-state index in [-0.39, 0.29) is 10.7 Å². The van der Waals surface area contributed by atoms with E-state index in [1.165, 1.54) is 6.07 Å². The van der Waals surface area contributed by atoms with Gasteiger partial charge in [-0.15, -0.1) is 0 Å². The Hall–Kier alpha value is -1.76. The number of halogens is 2. The van der Waals surface area contributed by atoms with Crippen LogP contribution in [-0.4, -0.2) is 24.4 Å². The largest absolute Gasteiger partial charge is 0.375 e. The van der Waals surface area contributed by atoms with Crippen LogP contribution < -0.4 is 16.1 Å². The minimum absolute atomic E-state index is 0.0351. The lowest BCUT2D eigenvalue weighted by Gasteiger charge is -2.29. The summed E-state index contributed by atoms with van der Waals surface area (Å²) in [6.07, 6.45) is 4.29. The van der Waals surface area contributed by atoms with E-state index < -0.39 is 11.6 Å². The quantitative estimate of drug-likeness (QED) is 0.510. The van der Waals surface area contributed by atoms with E-state index in [1.54, 1.807) is 0 Å². The highest BCUT2D eigenvalue weighted by molar-refractivity contribution is 7.80. The van der Waals surface area contributed by atoms with Gasteiger partial charge in [-0.3, -0.25) is 5.43 Å². The third kappa shape index (κ3) is 3.63. The van der Waals surface area contributed by atoms with Crippen LogP contribution in [0, 0.1) is 11.6 Å². The maximum Gasteiger partial charge on any atom is 0.184 e. The second kappa shape index (κ2) is 6.60. The van der Waals surface area contributed by atoms with E-state index in [1.807, 2.05) is 4.90 Å². The second-order valence-corrected chi connectivity index (χ2v) is 5.05. The average Bonchev–Trinajstić information content (AvgIpc) is 2.43. The summed E-state index contributed by atoms with van der Waals surface area (Å²) in [6, 6.07) is 2.34. The average molecular weight is 298 g/mol. The maximum atomic E-state index is 14.1. The highest BCUT2D eigenvalue weighted by Gasteiger charge is 2.17. The normalized spacial score (nSPS) is 15.6. The van der Waals surface area contributed by atoms with Gasteiger partial charge in [0.1, 0.15) is 11.6 Å². The smallest absolute Gasteiger partial charge is 0.184 e. The van der Waals surface area contributed by atoms with Crippen molar-refractivity contribution in [2.45, 2.75) is 19.3 Å². The van der Waals surface area contributed by atoms with Crippen molar-refractivity contribution in [2.75, 3.05) is 18.0 Å². The highest BCUT2D eigenvalue weighted by atomic mass is 32.1. The zero-order chi connectivity index (χ0) is 14.5. The third-order valence-electron chi connectivity index (χ3n) is 3.14.